The van der Waals surface area contributed by atoms with Gasteiger partial charge in [-0.1, -0.05) is 229 Å². The Morgan fingerprint density at radius 2 is 0.817 bits per heavy atom. The van der Waals surface area contributed by atoms with Crippen LogP contribution in [0.3, 0.4) is 0 Å². The minimum atomic E-state index is -1.29. The van der Waals surface area contributed by atoms with Gasteiger partial charge < -0.3 is 25.7 Å². The van der Waals surface area contributed by atoms with Crippen molar-refractivity contribution >= 4 is 5.91 Å². The summed E-state index contributed by atoms with van der Waals surface area (Å²) in [5.41, 5.74) is 0. The van der Waals surface area contributed by atoms with E-state index in [4.69, 9.17) is 0 Å². The molecule has 0 aromatic heterocycles. The van der Waals surface area contributed by atoms with E-state index in [-0.39, 0.29) is 0 Å². The van der Waals surface area contributed by atoms with Gasteiger partial charge in [-0.2, -0.15) is 0 Å². The summed E-state index contributed by atoms with van der Waals surface area (Å²) in [6, 6.07) is -1.01. The summed E-state index contributed by atoms with van der Waals surface area (Å²) >= 11 is 0. The zero-order chi connectivity index (χ0) is 43.8. The number of allylic oxidation sites excluding steroid dienone is 8. The number of aliphatic hydroxyl groups is 4. The fraction of sp³-hybridized carbons (Fsp3) is 0.833. The predicted molar refractivity (Wildman–Crippen MR) is 260 cm³/mol. The summed E-state index contributed by atoms with van der Waals surface area (Å²) in [4.78, 5) is 12.5. The van der Waals surface area contributed by atoms with Crippen molar-refractivity contribution in [2.75, 3.05) is 6.61 Å². The molecule has 0 bridgehead atoms. The Morgan fingerprint density at radius 1 is 0.450 bits per heavy atom. The SMILES string of the molecule is C/C=C/CC/C=C/CCCC(O)C(O)C(CO)NC(=O)C(O)CCCCCCCCCCCCCCCCCC/C=C\C/C=C\CCCCCCCCCCCCCCC. The van der Waals surface area contributed by atoms with Crippen LogP contribution in [0, 0.1) is 0 Å². The third kappa shape index (κ3) is 41.6. The van der Waals surface area contributed by atoms with E-state index in [9.17, 15) is 25.2 Å². The summed E-state index contributed by atoms with van der Waals surface area (Å²) < 4.78 is 0. The largest absolute Gasteiger partial charge is 0.394 e. The van der Waals surface area contributed by atoms with Gasteiger partial charge in [0.25, 0.3) is 0 Å². The maximum atomic E-state index is 12.5. The second kappa shape index (κ2) is 48.3. The Hall–Kier alpha value is -1.73. The highest BCUT2D eigenvalue weighted by molar-refractivity contribution is 5.80. The number of amides is 1. The minimum Gasteiger partial charge on any atom is -0.394 e. The van der Waals surface area contributed by atoms with Gasteiger partial charge in [0.1, 0.15) is 12.2 Å². The maximum absolute atomic E-state index is 12.5. The molecule has 0 saturated heterocycles. The van der Waals surface area contributed by atoms with Crippen molar-refractivity contribution in [3.63, 3.8) is 0 Å². The number of hydrogen-bond donors (Lipinski definition) is 5. The predicted octanol–water partition coefficient (Wildman–Crippen LogP) is 14.6. The van der Waals surface area contributed by atoms with E-state index in [1.807, 2.05) is 13.0 Å². The lowest BCUT2D eigenvalue weighted by molar-refractivity contribution is -0.132. The molecule has 5 N–H and O–H groups in total. The van der Waals surface area contributed by atoms with Crippen molar-refractivity contribution in [1.82, 2.24) is 5.32 Å². The molecule has 1 amide bonds. The van der Waals surface area contributed by atoms with Gasteiger partial charge in [-0.15, -0.1) is 0 Å². The Morgan fingerprint density at radius 3 is 1.25 bits per heavy atom. The van der Waals surface area contributed by atoms with Crippen molar-refractivity contribution in [3.05, 3.63) is 48.6 Å². The molecule has 0 aliphatic rings. The summed E-state index contributed by atoms with van der Waals surface area (Å²) in [5, 5.41) is 43.4. The number of carbonyl (C=O) groups excluding carboxylic acids is 1. The van der Waals surface area contributed by atoms with Crippen LogP contribution in [0.4, 0.5) is 0 Å². The summed E-state index contributed by atoms with van der Waals surface area (Å²) in [7, 11) is 0. The van der Waals surface area contributed by atoms with Gasteiger partial charge in [-0.25, -0.2) is 0 Å². The maximum Gasteiger partial charge on any atom is 0.249 e. The second-order valence-corrected chi connectivity index (χ2v) is 17.9. The van der Waals surface area contributed by atoms with Crippen LogP contribution in [0.1, 0.15) is 258 Å². The fourth-order valence-electron chi connectivity index (χ4n) is 7.99. The summed E-state index contributed by atoms with van der Waals surface area (Å²) in [6.45, 7) is 3.80. The van der Waals surface area contributed by atoms with E-state index in [2.05, 4.69) is 54.8 Å². The molecule has 0 radical (unpaired) electrons. The molecule has 352 valence electrons. The number of rotatable bonds is 47. The van der Waals surface area contributed by atoms with Crippen molar-refractivity contribution in [3.8, 4) is 0 Å². The van der Waals surface area contributed by atoms with Crippen LogP contribution in [-0.2, 0) is 4.79 Å². The molecular formula is C54H101NO5. The monoisotopic (exact) mass is 844 g/mol. The molecule has 4 atom stereocenters. The molecule has 4 unspecified atom stereocenters. The zero-order valence-corrected chi connectivity index (χ0v) is 39.7. The molecule has 0 aliphatic carbocycles. The highest BCUT2D eigenvalue weighted by Crippen LogP contribution is 2.17. The van der Waals surface area contributed by atoms with E-state index in [1.165, 1.54) is 180 Å². The topological polar surface area (TPSA) is 110 Å². The Bertz CT molecular complexity index is 993. The van der Waals surface area contributed by atoms with Crippen LogP contribution in [-0.4, -0.2) is 57.3 Å². The van der Waals surface area contributed by atoms with Gasteiger partial charge in [0.05, 0.1) is 18.8 Å². The first-order valence-electron chi connectivity index (χ1n) is 26.0. The van der Waals surface area contributed by atoms with Crippen LogP contribution in [0.25, 0.3) is 0 Å². The van der Waals surface area contributed by atoms with Crippen LogP contribution >= 0.6 is 0 Å². The highest BCUT2D eigenvalue weighted by atomic mass is 16.3. The number of unbranched alkanes of at least 4 members (excludes halogenated alkanes) is 31. The number of aliphatic hydroxyl groups excluding tert-OH is 4. The Balaban J connectivity index is 3.51. The van der Waals surface area contributed by atoms with Gasteiger partial charge in [0, 0.05) is 0 Å². The van der Waals surface area contributed by atoms with Gasteiger partial charge in [0.2, 0.25) is 5.91 Å². The molecule has 60 heavy (non-hydrogen) atoms. The van der Waals surface area contributed by atoms with Gasteiger partial charge in [0.15, 0.2) is 0 Å². The van der Waals surface area contributed by atoms with E-state index in [0.29, 0.717) is 19.3 Å². The molecule has 0 aliphatic heterocycles. The normalized spacial score (nSPS) is 14.3. The highest BCUT2D eigenvalue weighted by Gasteiger charge is 2.28. The Kier molecular flexibility index (Phi) is 46.9. The van der Waals surface area contributed by atoms with Crippen LogP contribution in [0.5, 0.6) is 0 Å². The summed E-state index contributed by atoms with van der Waals surface area (Å²) in [5.74, 6) is -0.600. The van der Waals surface area contributed by atoms with Gasteiger partial charge in [-0.05, 0) is 77.6 Å². The molecule has 0 rings (SSSR count). The van der Waals surface area contributed by atoms with E-state index >= 15 is 0 Å². The summed E-state index contributed by atoms with van der Waals surface area (Å²) in [6.07, 6.45) is 60.9. The molecular weight excluding hydrogens is 743 g/mol. The van der Waals surface area contributed by atoms with Crippen LogP contribution in [0.2, 0.25) is 0 Å². The average Bonchev–Trinajstić information content (AvgIpc) is 3.25. The molecule has 0 spiro atoms. The quantitative estimate of drug-likeness (QED) is 0.0310. The van der Waals surface area contributed by atoms with Gasteiger partial charge >= 0.3 is 0 Å². The number of hydrogen-bond acceptors (Lipinski definition) is 5. The molecule has 0 saturated carbocycles. The first kappa shape index (κ1) is 58.3. The van der Waals surface area contributed by atoms with Crippen molar-refractivity contribution in [1.29, 1.82) is 0 Å². The van der Waals surface area contributed by atoms with Crippen molar-refractivity contribution in [2.45, 2.75) is 282 Å². The third-order valence-corrected chi connectivity index (χ3v) is 12.1. The lowest BCUT2D eigenvalue weighted by atomic mass is 10.00. The molecule has 0 heterocycles. The molecule has 0 fully saturated rings. The molecule has 0 aromatic rings. The first-order valence-corrected chi connectivity index (χ1v) is 26.0. The minimum absolute atomic E-state index is 0.359. The molecule has 0 aromatic carbocycles. The fourth-order valence-corrected chi connectivity index (χ4v) is 7.99. The van der Waals surface area contributed by atoms with Crippen LogP contribution in [0.15, 0.2) is 48.6 Å². The second-order valence-electron chi connectivity index (χ2n) is 17.9. The molecule has 6 nitrogen and oxygen atoms in total. The van der Waals surface area contributed by atoms with Crippen molar-refractivity contribution in [2.24, 2.45) is 0 Å². The lowest BCUT2D eigenvalue weighted by Gasteiger charge is -2.27. The van der Waals surface area contributed by atoms with E-state index in [0.717, 1.165) is 44.9 Å². The Labute approximate surface area is 372 Å². The lowest BCUT2D eigenvalue weighted by Crippen LogP contribution is -2.53. The molecule has 6 heteroatoms. The number of nitrogens with one attached hydrogen (secondary N) is 1. The van der Waals surface area contributed by atoms with E-state index in [1.54, 1.807) is 0 Å². The van der Waals surface area contributed by atoms with Crippen LogP contribution < -0.4 is 5.32 Å². The third-order valence-electron chi connectivity index (χ3n) is 12.1. The standard InChI is InChI=1S/C54H101NO5/c1-3-5-7-9-11-13-14-15-16-17-18-19-20-21-22-23-24-25-26-27-28-29-30-31-32-33-34-35-36-37-38-39-40-42-44-46-48-52(58)54(60)55-50(49-56)53(59)51(57)47-45-43-41-12-10-8-6-4-2/h4,6,12,22-23,25-26,41,50-53,56-59H,3,5,7-11,13-21,24,27-40,42-49H2,1-2H3,(H,55,60)/b6-4+,23-22-,26-25-,41-12+. The van der Waals surface area contributed by atoms with Crippen molar-refractivity contribution < 1.29 is 25.2 Å². The van der Waals surface area contributed by atoms with E-state index < -0.39 is 36.9 Å². The van der Waals surface area contributed by atoms with Gasteiger partial charge in [-0.3, -0.25) is 4.79 Å². The number of carbonyl (C=O) groups is 1. The zero-order valence-electron chi connectivity index (χ0n) is 39.7. The smallest absolute Gasteiger partial charge is 0.249 e. The average molecular weight is 844 g/mol. The first-order chi connectivity index (χ1) is 29.5.